The number of benzene rings is 7. The molecule has 0 aliphatic rings. The molecule has 244 valence electrons. The van der Waals surface area contributed by atoms with Gasteiger partial charge in [-0.2, -0.15) is 0 Å². The summed E-state index contributed by atoms with van der Waals surface area (Å²) in [5.74, 6) is 1.57. The van der Waals surface area contributed by atoms with E-state index in [1.807, 2.05) is 54.6 Å². The summed E-state index contributed by atoms with van der Waals surface area (Å²) < 4.78 is 8.28. The molecule has 0 radical (unpaired) electrons. The van der Waals surface area contributed by atoms with Crippen molar-refractivity contribution in [3.05, 3.63) is 182 Å². The van der Waals surface area contributed by atoms with E-state index >= 15 is 0 Å². The highest BCUT2D eigenvalue weighted by molar-refractivity contribution is 6.06. The Hall–Kier alpha value is -7.11. The van der Waals surface area contributed by atoms with E-state index in [2.05, 4.69) is 132 Å². The predicted octanol–water partition coefficient (Wildman–Crippen LogP) is 12.0. The Morgan fingerprint density at radius 1 is 0.385 bits per heavy atom. The van der Waals surface area contributed by atoms with Crippen molar-refractivity contribution < 1.29 is 4.42 Å². The number of fused-ring (bicyclic) bond motifs is 4. The Labute approximate surface area is 300 Å². The van der Waals surface area contributed by atoms with Crippen molar-refractivity contribution in [1.82, 2.24) is 19.5 Å². The average Bonchev–Trinajstić information content (AvgIpc) is 3.80. The van der Waals surface area contributed by atoms with E-state index in [1.54, 1.807) is 0 Å². The number of para-hydroxylation sites is 3. The van der Waals surface area contributed by atoms with E-state index in [-0.39, 0.29) is 0 Å². The van der Waals surface area contributed by atoms with Crippen LogP contribution < -0.4 is 0 Å². The first kappa shape index (κ1) is 29.8. The fraction of sp³-hybridized carbons (Fsp3) is 0. The molecule has 0 spiro atoms. The summed E-state index contributed by atoms with van der Waals surface area (Å²) in [5, 5.41) is 2.25. The molecule has 10 aromatic rings. The highest BCUT2D eigenvalue weighted by Gasteiger charge is 2.16. The van der Waals surface area contributed by atoms with Crippen LogP contribution in [-0.4, -0.2) is 19.5 Å². The number of hydrogen-bond acceptors (Lipinski definition) is 4. The first-order valence-electron chi connectivity index (χ1n) is 17.4. The van der Waals surface area contributed by atoms with Gasteiger partial charge in [-0.25, -0.2) is 15.0 Å². The molecule has 7 aromatic carbocycles. The zero-order valence-electron chi connectivity index (χ0n) is 28.0. The summed E-state index contributed by atoms with van der Waals surface area (Å²) in [6, 6.07) is 62.6. The van der Waals surface area contributed by atoms with Crippen LogP contribution in [-0.2, 0) is 0 Å². The third-order valence-corrected chi connectivity index (χ3v) is 9.66. The normalized spacial score (nSPS) is 11.5. The number of imidazole rings is 1. The van der Waals surface area contributed by atoms with Gasteiger partial charge in [0.05, 0.1) is 22.4 Å². The van der Waals surface area contributed by atoms with Gasteiger partial charge in [-0.3, -0.25) is 4.57 Å². The molecule has 3 aromatic heterocycles. The quantitative estimate of drug-likeness (QED) is 0.177. The molecule has 0 fully saturated rings. The molecule has 0 unspecified atom stereocenters. The highest BCUT2D eigenvalue weighted by atomic mass is 16.3. The van der Waals surface area contributed by atoms with Gasteiger partial charge in [0, 0.05) is 38.7 Å². The average molecular weight is 667 g/mol. The van der Waals surface area contributed by atoms with Gasteiger partial charge >= 0.3 is 0 Å². The van der Waals surface area contributed by atoms with Crippen molar-refractivity contribution in [2.75, 3.05) is 0 Å². The molecule has 0 N–H and O–H groups in total. The van der Waals surface area contributed by atoms with E-state index in [0.29, 0.717) is 5.82 Å². The second kappa shape index (κ2) is 12.3. The van der Waals surface area contributed by atoms with Crippen LogP contribution >= 0.6 is 0 Å². The second-order valence-electron chi connectivity index (χ2n) is 12.9. The van der Waals surface area contributed by atoms with Crippen LogP contribution in [0.2, 0.25) is 0 Å². The first-order valence-corrected chi connectivity index (χ1v) is 17.4. The molecule has 0 saturated heterocycles. The van der Waals surface area contributed by atoms with Crippen molar-refractivity contribution in [3.63, 3.8) is 0 Å². The Morgan fingerprint density at radius 3 is 1.73 bits per heavy atom. The molecule has 0 saturated carbocycles. The van der Waals surface area contributed by atoms with Crippen LogP contribution in [0.15, 0.2) is 186 Å². The van der Waals surface area contributed by atoms with Crippen LogP contribution in [0.4, 0.5) is 0 Å². The van der Waals surface area contributed by atoms with Gasteiger partial charge in [-0.05, 0) is 71.8 Å². The fourth-order valence-corrected chi connectivity index (χ4v) is 7.05. The largest absolute Gasteiger partial charge is 0.456 e. The Kier molecular flexibility index (Phi) is 7.07. The number of nitrogens with zero attached hydrogens (tertiary/aromatic N) is 4. The standard InChI is InChI=1S/C47H30N4O/c1-3-11-32(12-4-1)41-30-42(33-21-19-31(20-22-33)36-25-28-45-39(29-36)38-15-7-10-18-44(38)52-45)49-46(48-41)34-23-26-37(27-24-34)51-43-17-9-8-16-40(43)50-47(51)35-13-5-2-6-14-35/h1-30H. The first-order chi connectivity index (χ1) is 25.7. The van der Waals surface area contributed by atoms with E-state index in [0.717, 1.165) is 89.3 Å². The highest BCUT2D eigenvalue weighted by Crippen LogP contribution is 2.35. The van der Waals surface area contributed by atoms with Gasteiger partial charge in [0.2, 0.25) is 0 Å². The molecule has 0 bridgehead atoms. The number of hydrogen-bond donors (Lipinski definition) is 0. The molecular formula is C47H30N4O. The molecule has 52 heavy (non-hydrogen) atoms. The van der Waals surface area contributed by atoms with Crippen molar-refractivity contribution >= 4 is 33.0 Å². The topological polar surface area (TPSA) is 56.7 Å². The molecule has 0 atom stereocenters. The lowest BCUT2D eigenvalue weighted by atomic mass is 10.00. The van der Waals surface area contributed by atoms with E-state index in [9.17, 15) is 0 Å². The molecule has 3 heterocycles. The zero-order valence-corrected chi connectivity index (χ0v) is 28.0. The maximum absolute atomic E-state index is 6.06. The second-order valence-corrected chi connectivity index (χ2v) is 12.9. The molecule has 0 aliphatic carbocycles. The summed E-state index contributed by atoms with van der Waals surface area (Å²) in [6.45, 7) is 0. The third-order valence-electron chi connectivity index (χ3n) is 9.66. The van der Waals surface area contributed by atoms with Gasteiger partial charge in [-0.15, -0.1) is 0 Å². The van der Waals surface area contributed by atoms with Crippen molar-refractivity contribution in [3.8, 4) is 62.1 Å². The van der Waals surface area contributed by atoms with Gasteiger partial charge in [0.25, 0.3) is 0 Å². The van der Waals surface area contributed by atoms with Gasteiger partial charge in [0.1, 0.15) is 17.0 Å². The molecule has 10 rings (SSSR count). The summed E-state index contributed by atoms with van der Waals surface area (Å²) in [5.41, 5.74) is 12.9. The van der Waals surface area contributed by atoms with Crippen LogP contribution in [0, 0.1) is 0 Å². The van der Waals surface area contributed by atoms with E-state index in [4.69, 9.17) is 19.4 Å². The molecular weight excluding hydrogens is 637 g/mol. The summed E-state index contributed by atoms with van der Waals surface area (Å²) in [4.78, 5) is 15.2. The third kappa shape index (κ3) is 5.24. The Bertz CT molecular complexity index is 2870. The minimum Gasteiger partial charge on any atom is -0.456 e. The number of aromatic nitrogens is 4. The van der Waals surface area contributed by atoms with E-state index in [1.165, 1.54) is 0 Å². The number of furan rings is 1. The van der Waals surface area contributed by atoms with Gasteiger partial charge < -0.3 is 4.42 Å². The van der Waals surface area contributed by atoms with Crippen LogP contribution in [0.25, 0.3) is 95.1 Å². The summed E-state index contributed by atoms with van der Waals surface area (Å²) in [7, 11) is 0. The van der Waals surface area contributed by atoms with Gasteiger partial charge in [0.15, 0.2) is 5.82 Å². The smallest absolute Gasteiger partial charge is 0.160 e. The lowest BCUT2D eigenvalue weighted by Crippen LogP contribution is -1.99. The van der Waals surface area contributed by atoms with Gasteiger partial charge in [-0.1, -0.05) is 121 Å². The zero-order chi connectivity index (χ0) is 34.4. The van der Waals surface area contributed by atoms with Crippen LogP contribution in [0.3, 0.4) is 0 Å². The monoisotopic (exact) mass is 666 g/mol. The summed E-state index contributed by atoms with van der Waals surface area (Å²) >= 11 is 0. The maximum atomic E-state index is 6.06. The lowest BCUT2D eigenvalue weighted by molar-refractivity contribution is 0.669. The maximum Gasteiger partial charge on any atom is 0.160 e. The van der Waals surface area contributed by atoms with Crippen LogP contribution in [0.1, 0.15) is 0 Å². The molecule has 0 amide bonds. The van der Waals surface area contributed by atoms with Crippen molar-refractivity contribution in [2.24, 2.45) is 0 Å². The van der Waals surface area contributed by atoms with Crippen molar-refractivity contribution in [2.45, 2.75) is 0 Å². The Balaban J connectivity index is 1.03. The number of rotatable bonds is 6. The minimum atomic E-state index is 0.669. The molecule has 0 aliphatic heterocycles. The molecule has 5 nitrogen and oxygen atoms in total. The van der Waals surface area contributed by atoms with Crippen molar-refractivity contribution in [1.29, 1.82) is 0 Å². The molecule has 5 heteroatoms. The van der Waals surface area contributed by atoms with E-state index < -0.39 is 0 Å². The lowest BCUT2D eigenvalue weighted by Gasteiger charge is -2.12. The predicted molar refractivity (Wildman–Crippen MR) is 211 cm³/mol. The fourth-order valence-electron chi connectivity index (χ4n) is 7.05. The Morgan fingerprint density at radius 2 is 0.962 bits per heavy atom. The SMILES string of the molecule is c1ccc(-c2cc(-c3ccc(-c4ccc5oc6ccccc6c5c4)cc3)nc(-c3ccc(-n4c(-c5ccccc5)nc5ccccc54)cc3)n2)cc1. The summed E-state index contributed by atoms with van der Waals surface area (Å²) in [6.07, 6.45) is 0. The minimum absolute atomic E-state index is 0.669. The van der Waals surface area contributed by atoms with Crippen LogP contribution in [0.5, 0.6) is 0 Å².